The van der Waals surface area contributed by atoms with E-state index in [2.05, 4.69) is 135 Å². The summed E-state index contributed by atoms with van der Waals surface area (Å²) in [6.45, 7) is 16.1. The molecule has 0 radical (unpaired) electrons. The number of fused-ring (bicyclic) bond motifs is 8. The zero-order valence-electron chi connectivity index (χ0n) is 25.1. The molecule has 0 saturated carbocycles. The molecule has 0 spiro atoms. The summed E-state index contributed by atoms with van der Waals surface area (Å²) < 4.78 is 5.68. The van der Waals surface area contributed by atoms with Gasteiger partial charge >= 0.3 is 0 Å². The molecule has 0 amide bonds. The summed E-state index contributed by atoms with van der Waals surface area (Å²) in [6.07, 6.45) is 5.41. The Hall–Kier alpha value is -4.30. The first-order chi connectivity index (χ1) is 19.4. The van der Waals surface area contributed by atoms with Gasteiger partial charge in [-0.3, -0.25) is 0 Å². The smallest absolute Gasteiger partial charge is 0.148 e. The van der Waals surface area contributed by atoms with Gasteiger partial charge < -0.3 is 24.7 Å². The zero-order valence-corrected chi connectivity index (χ0v) is 25.1. The van der Waals surface area contributed by atoms with Gasteiger partial charge in [0.05, 0.1) is 5.41 Å². The number of terminal acetylenes is 1. The Kier molecular flexibility index (Phi) is 5.98. The highest BCUT2D eigenvalue weighted by Crippen LogP contribution is 2.43. The Morgan fingerprint density at radius 2 is 0.829 bits per heavy atom. The maximum Gasteiger partial charge on any atom is 0.148 e. The van der Waals surface area contributed by atoms with Crippen LogP contribution in [0, 0.1) is 12.3 Å². The molecule has 5 heteroatoms. The van der Waals surface area contributed by atoms with Crippen LogP contribution in [0.5, 0.6) is 5.75 Å². The molecular weight excluding hydrogens is 504 g/mol. The lowest BCUT2D eigenvalue weighted by atomic mass is 9.76. The predicted octanol–water partition coefficient (Wildman–Crippen LogP) is 7.66. The average molecular weight is 545 g/mol. The van der Waals surface area contributed by atoms with Crippen molar-refractivity contribution in [3.8, 4) is 18.1 Å². The molecule has 0 fully saturated rings. The summed E-state index contributed by atoms with van der Waals surface area (Å²) in [5.74, 6) is 3.31. The van der Waals surface area contributed by atoms with Crippen molar-refractivity contribution in [1.82, 2.24) is 19.9 Å². The van der Waals surface area contributed by atoms with Crippen LogP contribution in [0.1, 0.15) is 99.6 Å². The summed E-state index contributed by atoms with van der Waals surface area (Å²) in [6, 6.07) is 26.1. The molecule has 0 aliphatic carbocycles. The molecular formula is C36H40N4O. The molecule has 4 N–H and O–H groups in total. The van der Waals surface area contributed by atoms with Crippen molar-refractivity contribution >= 4 is 0 Å². The van der Waals surface area contributed by atoms with E-state index in [1.165, 1.54) is 22.8 Å². The summed E-state index contributed by atoms with van der Waals surface area (Å²) >= 11 is 0. The van der Waals surface area contributed by atoms with Crippen molar-refractivity contribution in [2.45, 2.75) is 70.1 Å². The van der Waals surface area contributed by atoms with Gasteiger partial charge in [-0.2, -0.15) is 0 Å². The molecule has 1 aliphatic heterocycles. The Bertz CT molecular complexity index is 1650. The van der Waals surface area contributed by atoms with Gasteiger partial charge in [-0.05, 0) is 115 Å². The SMILES string of the molecule is C#CCOc1ccc(C2(C)c3ccc([nH]3)C(C)(C)c3ccc([nH]3)C(C)(C)c3ccc([nH]3)C(C)(C)c3ccc2[nH]3)cc1. The summed E-state index contributed by atoms with van der Waals surface area (Å²) in [5, 5.41) is 0. The van der Waals surface area contributed by atoms with E-state index in [1.807, 2.05) is 12.1 Å². The van der Waals surface area contributed by atoms with Crippen LogP contribution < -0.4 is 4.74 Å². The van der Waals surface area contributed by atoms with Crippen molar-refractivity contribution in [3.05, 3.63) is 124 Å². The van der Waals surface area contributed by atoms with Gasteiger partial charge in [0.2, 0.25) is 0 Å². The molecule has 4 aromatic heterocycles. The third-order valence-electron chi connectivity index (χ3n) is 9.62. The second-order valence-electron chi connectivity index (χ2n) is 13.2. The lowest BCUT2D eigenvalue weighted by Crippen LogP contribution is -2.29. The number of ether oxygens (including phenoxy) is 1. The number of hydrogen-bond acceptors (Lipinski definition) is 1. The fourth-order valence-electron chi connectivity index (χ4n) is 6.25. The first-order valence-corrected chi connectivity index (χ1v) is 14.3. The molecule has 8 bridgehead atoms. The van der Waals surface area contributed by atoms with E-state index in [-0.39, 0.29) is 22.9 Å². The zero-order chi connectivity index (χ0) is 29.2. The second-order valence-corrected chi connectivity index (χ2v) is 13.2. The highest BCUT2D eigenvalue weighted by molar-refractivity contribution is 5.50. The molecule has 0 unspecified atom stereocenters. The van der Waals surface area contributed by atoms with Crippen LogP contribution in [0.3, 0.4) is 0 Å². The maximum atomic E-state index is 5.68. The first kappa shape index (κ1) is 26.9. The highest BCUT2D eigenvalue weighted by Gasteiger charge is 2.39. The topological polar surface area (TPSA) is 72.4 Å². The summed E-state index contributed by atoms with van der Waals surface area (Å²) in [7, 11) is 0. The van der Waals surface area contributed by atoms with Crippen LogP contribution in [0.25, 0.3) is 0 Å². The van der Waals surface area contributed by atoms with Gasteiger partial charge in [0.15, 0.2) is 0 Å². The Morgan fingerprint density at radius 3 is 1.17 bits per heavy atom. The highest BCUT2D eigenvalue weighted by atomic mass is 16.5. The van der Waals surface area contributed by atoms with E-state index in [0.29, 0.717) is 0 Å². The molecule has 0 saturated heterocycles. The molecule has 41 heavy (non-hydrogen) atoms. The third kappa shape index (κ3) is 4.08. The van der Waals surface area contributed by atoms with Crippen molar-refractivity contribution in [2.24, 2.45) is 0 Å². The van der Waals surface area contributed by atoms with Crippen LogP contribution in [-0.4, -0.2) is 26.5 Å². The van der Waals surface area contributed by atoms with E-state index in [1.54, 1.807) is 0 Å². The van der Waals surface area contributed by atoms with Crippen LogP contribution in [0.2, 0.25) is 0 Å². The van der Waals surface area contributed by atoms with Gasteiger partial charge in [0.1, 0.15) is 12.4 Å². The minimum absolute atomic E-state index is 0.212. The first-order valence-electron chi connectivity index (χ1n) is 14.3. The normalized spacial score (nSPS) is 18.0. The number of benzene rings is 1. The standard InChI is InChI=1S/C36H40N4O/c1-9-22-41-24-12-10-23(11-13-24)36(8)31-20-18-29(39-31)34(4,5)27-16-14-25(37-27)33(2,3)26-15-17-28(38-26)35(6,7)30-19-21-32(36)40-30/h1,10-21,37-40H,22H2,2-8H3. The van der Waals surface area contributed by atoms with Crippen LogP contribution >= 0.6 is 0 Å². The third-order valence-corrected chi connectivity index (χ3v) is 9.62. The Labute approximate surface area is 243 Å². The van der Waals surface area contributed by atoms with E-state index in [0.717, 1.165) is 34.1 Å². The summed E-state index contributed by atoms with van der Waals surface area (Å²) in [5.41, 5.74) is 9.19. The molecule has 0 atom stereocenters. The molecule has 5 aromatic rings. The van der Waals surface area contributed by atoms with Crippen molar-refractivity contribution in [1.29, 1.82) is 0 Å². The van der Waals surface area contributed by atoms with Gasteiger partial charge in [0.25, 0.3) is 0 Å². The second kappa shape index (κ2) is 9.11. The minimum Gasteiger partial charge on any atom is -0.481 e. The van der Waals surface area contributed by atoms with E-state index >= 15 is 0 Å². The van der Waals surface area contributed by atoms with E-state index in [9.17, 15) is 0 Å². The predicted molar refractivity (Wildman–Crippen MR) is 166 cm³/mol. The van der Waals surface area contributed by atoms with Crippen molar-refractivity contribution in [2.75, 3.05) is 6.61 Å². The Balaban J connectivity index is 1.57. The fourth-order valence-corrected chi connectivity index (χ4v) is 6.25. The number of aromatic amines is 4. The largest absolute Gasteiger partial charge is 0.481 e. The number of H-pyrrole nitrogens is 4. The van der Waals surface area contributed by atoms with Gasteiger partial charge in [0, 0.05) is 61.8 Å². The van der Waals surface area contributed by atoms with Crippen LogP contribution in [0.15, 0.2) is 72.8 Å². The van der Waals surface area contributed by atoms with E-state index < -0.39 is 5.41 Å². The number of rotatable bonds is 3. The van der Waals surface area contributed by atoms with Gasteiger partial charge in [-0.25, -0.2) is 0 Å². The quantitative estimate of drug-likeness (QED) is 0.173. The van der Waals surface area contributed by atoms with Gasteiger partial charge in [-0.1, -0.05) is 18.1 Å². The van der Waals surface area contributed by atoms with Crippen molar-refractivity contribution < 1.29 is 4.74 Å². The van der Waals surface area contributed by atoms with Crippen LogP contribution in [0.4, 0.5) is 0 Å². The molecule has 210 valence electrons. The molecule has 1 aromatic carbocycles. The van der Waals surface area contributed by atoms with Crippen LogP contribution in [-0.2, 0) is 21.7 Å². The average Bonchev–Trinajstić information content (AvgIpc) is 3.77. The van der Waals surface area contributed by atoms with Gasteiger partial charge in [-0.15, -0.1) is 6.42 Å². The fraction of sp³-hybridized carbons (Fsp3) is 0.333. The van der Waals surface area contributed by atoms with E-state index in [4.69, 9.17) is 11.2 Å². The molecule has 5 heterocycles. The maximum absolute atomic E-state index is 5.68. The molecule has 5 nitrogen and oxygen atoms in total. The Morgan fingerprint density at radius 1 is 0.512 bits per heavy atom. The lowest BCUT2D eigenvalue weighted by molar-refractivity contribution is 0.370. The molecule has 1 aliphatic rings. The monoisotopic (exact) mass is 544 g/mol. The minimum atomic E-state index is -0.478. The number of nitrogens with one attached hydrogen (secondary N) is 4. The molecule has 6 rings (SSSR count). The number of hydrogen-bond donors (Lipinski definition) is 4. The summed E-state index contributed by atoms with van der Waals surface area (Å²) in [4.78, 5) is 15.3. The lowest BCUT2D eigenvalue weighted by Gasteiger charge is -2.31. The van der Waals surface area contributed by atoms with Crippen molar-refractivity contribution in [3.63, 3.8) is 0 Å². The number of aromatic nitrogens is 4.